The van der Waals surface area contributed by atoms with E-state index in [9.17, 15) is 9.90 Å². The third-order valence-corrected chi connectivity index (χ3v) is 12.0. The average molecular weight is 389 g/mol. The first-order chi connectivity index (χ1) is 12.3. The number of hydrogen-bond acceptors (Lipinski definition) is 3. The van der Waals surface area contributed by atoms with Crippen LogP contribution in [0.1, 0.15) is 71.4 Å². The number of carbonyl (C=O) groups is 1. The fourth-order valence-corrected chi connectivity index (χ4v) is 5.92. The van der Waals surface area contributed by atoms with Gasteiger partial charge in [0.25, 0.3) is 0 Å². The van der Waals surface area contributed by atoms with Gasteiger partial charge in [-0.15, -0.1) is 0 Å². The number of Topliss-reactive ketones (excluding diaryl/α,β-unsaturated/α-hetero) is 1. The zero-order valence-corrected chi connectivity index (χ0v) is 19.1. The molecule has 0 bridgehead atoms. The number of hydrogen-bond donors (Lipinski definition) is 1. The van der Waals surface area contributed by atoms with Crippen LogP contribution in [0, 0.1) is 5.92 Å². The molecular weight excluding hydrogens is 352 g/mol. The Kier molecular flexibility index (Phi) is 4.92. The summed E-state index contributed by atoms with van der Waals surface area (Å²) in [7, 11) is -1.87. The Balaban J connectivity index is 1.98. The molecule has 3 atom stereocenters. The number of benzene rings is 1. The molecule has 1 saturated carbocycles. The van der Waals surface area contributed by atoms with E-state index >= 15 is 0 Å². The molecule has 0 aliphatic heterocycles. The maximum absolute atomic E-state index is 12.4. The minimum atomic E-state index is -1.87. The lowest BCUT2D eigenvalue weighted by Gasteiger charge is -2.52. The lowest BCUT2D eigenvalue weighted by atomic mass is 9.53. The number of carbonyl (C=O) groups excluding carboxylic acids is 1. The van der Waals surface area contributed by atoms with Crippen LogP contribution in [-0.2, 0) is 16.6 Å². The number of fused-ring (bicyclic) bond motifs is 3. The van der Waals surface area contributed by atoms with Crippen molar-refractivity contribution >= 4 is 14.1 Å². The second kappa shape index (κ2) is 6.45. The van der Waals surface area contributed by atoms with Gasteiger partial charge in [-0.25, -0.2) is 0 Å². The number of ketones is 1. The quantitative estimate of drug-likeness (QED) is 0.706. The fraction of sp³-hybridized carbons (Fsp3) is 0.696. The van der Waals surface area contributed by atoms with Gasteiger partial charge in [-0.3, -0.25) is 4.79 Å². The molecule has 0 radical (unpaired) electrons. The van der Waals surface area contributed by atoms with Crippen LogP contribution < -0.4 is 4.43 Å². The topological polar surface area (TPSA) is 46.5 Å². The highest BCUT2D eigenvalue weighted by Gasteiger charge is 2.53. The lowest BCUT2D eigenvalue weighted by molar-refractivity contribution is -0.146. The third-order valence-electron chi connectivity index (χ3n) is 7.66. The van der Waals surface area contributed by atoms with Crippen LogP contribution in [0.25, 0.3) is 0 Å². The van der Waals surface area contributed by atoms with Gasteiger partial charge in [0, 0.05) is 11.8 Å². The Hall–Kier alpha value is -1.13. The summed E-state index contributed by atoms with van der Waals surface area (Å²) < 4.78 is 6.53. The summed E-state index contributed by atoms with van der Waals surface area (Å²) in [4.78, 5) is 12.4. The fourth-order valence-electron chi connectivity index (χ4n) is 4.90. The highest BCUT2D eigenvalue weighted by molar-refractivity contribution is 6.74. The summed E-state index contributed by atoms with van der Waals surface area (Å²) in [6.07, 6.45) is 4.01. The zero-order valence-electron chi connectivity index (χ0n) is 18.1. The molecule has 1 aromatic rings. The summed E-state index contributed by atoms with van der Waals surface area (Å²) in [5.41, 5.74) is 1.36. The van der Waals surface area contributed by atoms with Gasteiger partial charge < -0.3 is 9.53 Å². The molecule has 3 rings (SSSR count). The van der Waals surface area contributed by atoms with Crippen molar-refractivity contribution in [3.05, 3.63) is 29.3 Å². The van der Waals surface area contributed by atoms with E-state index in [0.717, 1.165) is 25.0 Å². The minimum absolute atomic E-state index is 0.0119. The molecule has 3 nitrogen and oxygen atoms in total. The summed E-state index contributed by atoms with van der Waals surface area (Å²) in [6.45, 7) is 15.2. The van der Waals surface area contributed by atoms with Crippen molar-refractivity contribution in [2.24, 2.45) is 5.92 Å². The van der Waals surface area contributed by atoms with E-state index in [-0.39, 0.29) is 16.2 Å². The van der Waals surface area contributed by atoms with Crippen molar-refractivity contribution in [2.45, 2.75) is 95.9 Å². The zero-order chi connectivity index (χ0) is 20.3. The molecule has 150 valence electrons. The van der Waals surface area contributed by atoms with Crippen LogP contribution in [-0.4, -0.2) is 24.8 Å². The predicted molar refractivity (Wildman–Crippen MR) is 113 cm³/mol. The lowest BCUT2D eigenvalue weighted by Crippen LogP contribution is -2.54. The highest BCUT2D eigenvalue weighted by atomic mass is 28.4. The maximum atomic E-state index is 12.4. The van der Waals surface area contributed by atoms with Gasteiger partial charge in [-0.2, -0.15) is 0 Å². The molecule has 1 fully saturated rings. The predicted octanol–water partition coefficient (Wildman–Crippen LogP) is 5.39. The molecule has 0 spiro atoms. The SMILES string of the molecule is CC[C@@]12CC(C)(O)C(=O)C[C@H]1CCc1cc(O[Si](C)(C)C(C)(C)C)ccc12. The Bertz CT molecular complexity index is 744. The van der Waals surface area contributed by atoms with Crippen LogP contribution in [0.4, 0.5) is 0 Å². The molecule has 2 aliphatic carbocycles. The number of aliphatic hydroxyl groups is 1. The largest absolute Gasteiger partial charge is 0.543 e. The summed E-state index contributed by atoms with van der Waals surface area (Å²) >= 11 is 0. The molecule has 1 N–H and O–H groups in total. The monoisotopic (exact) mass is 388 g/mol. The molecule has 1 aromatic carbocycles. The van der Waals surface area contributed by atoms with Gasteiger partial charge >= 0.3 is 0 Å². The molecule has 4 heteroatoms. The molecule has 27 heavy (non-hydrogen) atoms. The van der Waals surface area contributed by atoms with Crippen molar-refractivity contribution in [1.82, 2.24) is 0 Å². The second-order valence-corrected chi connectivity index (χ2v) is 15.2. The maximum Gasteiger partial charge on any atom is 0.250 e. The molecule has 0 aromatic heterocycles. The first-order valence-corrected chi connectivity index (χ1v) is 13.3. The van der Waals surface area contributed by atoms with E-state index in [4.69, 9.17) is 4.43 Å². The smallest absolute Gasteiger partial charge is 0.250 e. The van der Waals surface area contributed by atoms with E-state index in [2.05, 4.69) is 59.0 Å². The van der Waals surface area contributed by atoms with Crippen molar-refractivity contribution in [1.29, 1.82) is 0 Å². The van der Waals surface area contributed by atoms with Crippen LogP contribution in [0.5, 0.6) is 5.75 Å². The summed E-state index contributed by atoms with van der Waals surface area (Å²) in [5, 5.41) is 10.9. The Labute approximate surface area is 165 Å². The first-order valence-electron chi connectivity index (χ1n) is 10.4. The van der Waals surface area contributed by atoms with E-state index < -0.39 is 13.9 Å². The normalized spacial score (nSPS) is 31.3. The molecular formula is C23H36O3Si. The van der Waals surface area contributed by atoms with Crippen molar-refractivity contribution < 1.29 is 14.3 Å². The van der Waals surface area contributed by atoms with E-state index in [1.807, 2.05) is 0 Å². The molecule has 0 saturated heterocycles. The number of aryl methyl sites for hydroxylation is 1. The Morgan fingerprint density at radius 1 is 1.30 bits per heavy atom. The number of rotatable bonds is 3. The van der Waals surface area contributed by atoms with Crippen LogP contribution in [0.3, 0.4) is 0 Å². The van der Waals surface area contributed by atoms with Crippen LogP contribution in [0.15, 0.2) is 18.2 Å². The van der Waals surface area contributed by atoms with Crippen molar-refractivity contribution in [3.8, 4) is 5.75 Å². The molecule has 2 aliphatic rings. The van der Waals surface area contributed by atoms with E-state index in [1.54, 1.807) is 6.92 Å². The minimum Gasteiger partial charge on any atom is -0.543 e. The van der Waals surface area contributed by atoms with Crippen LogP contribution in [0.2, 0.25) is 18.1 Å². The average Bonchev–Trinajstić information content (AvgIpc) is 2.54. The van der Waals surface area contributed by atoms with E-state index in [1.165, 1.54) is 11.1 Å². The van der Waals surface area contributed by atoms with Crippen LogP contribution >= 0.6 is 0 Å². The summed E-state index contributed by atoms with van der Waals surface area (Å²) in [6, 6.07) is 6.57. The first kappa shape index (κ1) is 20.6. The van der Waals surface area contributed by atoms with Crippen molar-refractivity contribution in [2.75, 3.05) is 0 Å². The standard InChI is InChI=1S/C23H36O3Si/c1-8-23-15-22(5,25)20(24)14-17(23)10-9-16-13-18(11-12-19(16)23)26-27(6,7)21(2,3)4/h11-13,17,25H,8-10,14-15H2,1-7H3/t17-,22?,23-/m1/s1. The molecule has 0 amide bonds. The summed E-state index contributed by atoms with van der Waals surface area (Å²) in [5.74, 6) is 1.33. The van der Waals surface area contributed by atoms with Gasteiger partial charge in [0.1, 0.15) is 11.4 Å². The molecule has 0 heterocycles. The highest BCUT2D eigenvalue weighted by Crippen LogP contribution is 2.54. The Morgan fingerprint density at radius 2 is 1.96 bits per heavy atom. The Morgan fingerprint density at radius 3 is 2.56 bits per heavy atom. The van der Waals surface area contributed by atoms with E-state index in [0.29, 0.717) is 18.8 Å². The van der Waals surface area contributed by atoms with Gasteiger partial charge in [0.2, 0.25) is 8.32 Å². The molecule has 1 unspecified atom stereocenters. The van der Waals surface area contributed by atoms with Gasteiger partial charge in [-0.05, 0) is 79.9 Å². The van der Waals surface area contributed by atoms with Gasteiger partial charge in [-0.1, -0.05) is 33.8 Å². The second-order valence-electron chi connectivity index (χ2n) is 10.5. The third kappa shape index (κ3) is 3.40. The van der Waals surface area contributed by atoms with Crippen molar-refractivity contribution in [3.63, 3.8) is 0 Å². The van der Waals surface area contributed by atoms with Gasteiger partial charge in [0.15, 0.2) is 5.78 Å². The van der Waals surface area contributed by atoms with Gasteiger partial charge in [0.05, 0.1) is 0 Å².